The molecule has 4 heteroatoms. The maximum atomic E-state index is 6.70. The van der Waals surface area contributed by atoms with Gasteiger partial charge >= 0.3 is 0 Å². The van der Waals surface area contributed by atoms with Crippen molar-refractivity contribution in [2.75, 3.05) is 0 Å². The number of aliphatic imine (C=N–C) groups is 2. The second-order valence-electron chi connectivity index (χ2n) is 12.7. The fourth-order valence-corrected chi connectivity index (χ4v) is 7.16. The molecule has 1 atom stereocenters. The molecule has 4 nitrogen and oxygen atoms in total. The van der Waals surface area contributed by atoms with Crippen molar-refractivity contribution in [3.63, 3.8) is 0 Å². The van der Waals surface area contributed by atoms with E-state index in [1.54, 1.807) is 0 Å². The first-order valence-electron chi connectivity index (χ1n) is 16.6. The minimum absolute atomic E-state index is 0.325. The third-order valence-corrected chi connectivity index (χ3v) is 9.64. The molecule has 0 amide bonds. The summed E-state index contributed by atoms with van der Waals surface area (Å²) in [4.78, 5) is 10.5. The molecule has 1 N–H and O–H groups in total. The standard InChI is InChI=1S/C45H29N3O/c1-2-12-30(13-3-1)43-46-44(36-21-19-29-11-5-7-15-32(29)23-36)48-45(47-43)39-25-37(35-20-18-28-10-4-6-14-31(28)22-35)27-41-42(39)38-24-33-16-8-9-17-34(33)26-40(38)49-41/h1-27,43H,(H,46,47,48). The van der Waals surface area contributed by atoms with Crippen LogP contribution < -0.4 is 5.32 Å². The summed E-state index contributed by atoms with van der Waals surface area (Å²) in [6, 6.07) is 57.6. The lowest BCUT2D eigenvalue weighted by Gasteiger charge is -2.24. The summed E-state index contributed by atoms with van der Waals surface area (Å²) in [7, 11) is 0. The molecule has 8 aromatic carbocycles. The molecule has 9 aromatic rings. The zero-order chi connectivity index (χ0) is 32.3. The van der Waals surface area contributed by atoms with Gasteiger partial charge in [0.25, 0.3) is 0 Å². The molecule has 0 spiro atoms. The van der Waals surface area contributed by atoms with E-state index in [2.05, 4.69) is 163 Å². The molecule has 1 aliphatic heterocycles. The minimum atomic E-state index is -0.325. The van der Waals surface area contributed by atoms with Crippen LogP contribution in [0.1, 0.15) is 22.9 Å². The van der Waals surface area contributed by atoms with Gasteiger partial charge in [0.2, 0.25) is 0 Å². The zero-order valence-electron chi connectivity index (χ0n) is 26.5. The lowest BCUT2D eigenvalue weighted by Crippen LogP contribution is -2.33. The zero-order valence-corrected chi connectivity index (χ0v) is 26.5. The van der Waals surface area contributed by atoms with Gasteiger partial charge < -0.3 is 9.73 Å². The lowest BCUT2D eigenvalue weighted by atomic mass is 9.95. The Bertz CT molecular complexity index is 2810. The average Bonchev–Trinajstić information content (AvgIpc) is 3.53. The molecular formula is C45H29N3O. The van der Waals surface area contributed by atoms with Crippen molar-refractivity contribution < 1.29 is 4.42 Å². The van der Waals surface area contributed by atoms with E-state index in [1.165, 1.54) is 21.5 Å². The van der Waals surface area contributed by atoms with Gasteiger partial charge in [-0.25, -0.2) is 9.98 Å². The summed E-state index contributed by atoms with van der Waals surface area (Å²) >= 11 is 0. The van der Waals surface area contributed by atoms with Gasteiger partial charge in [-0.2, -0.15) is 0 Å². The normalized spacial score (nSPS) is 14.7. The number of rotatable bonds is 4. The summed E-state index contributed by atoms with van der Waals surface area (Å²) < 4.78 is 6.70. The number of benzene rings is 8. The molecule has 0 aliphatic carbocycles. The number of amidine groups is 2. The minimum Gasteiger partial charge on any atom is -0.456 e. The smallest absolute Gasteiger partial charge is 0.159 e. The van der Waals surface area contributed by atoms with Crippen molar-refractivity contribution in [1.29, 1.82) is 0 Å². The first-order chi connectivity index (χ1) is 24.2. The molecular weight excluding hydrogens is 599 g/mol. The molecule has 1 aliphatic rings. The highest BCUT2D eigenvalue weighted by molar-refractivity contribution is 6.23. The molecule has 10 rings (SSSR count). The van der Waals surface area contributed by atoms with E-state index in [-0.39, 0.29) is 6.17 Å². The quantitative estimate of drug-likeness (QED) is 0.211. The van der Waals surface area contributed by atoms with Crippen LogP contribution in [0.3, 0.4) is 0 Å². The van der Waals surface area contributed by atoms with Crippen molar-refractivity contribution in [2.24, 2.45) is 9.98 Å². The maximum Gasteiger partial charge on any atom is 0.159 e. The Balaban J connectivity index is 1.24. The topological polar surface area (TPSA) is 49.9 Å². The monoisotopic (exact) mass is 627 g/mol. The average molecular weight is 628 g/mol. The number of hydrogen-bond donors (Lipinski definition) is 1. The molecule has 230 valence electrons. The Hall–Kier alpha value is -6.52. The van der Waals surface area contributed by atoms with E-state index in [1.807, 2.05) is 6.07 Å². The summed E-state index contributed by atoms with van der Waals surface area (Å²) in [6.45, 7) is 0. The van der Waals surface area contributed by atoms with E-state index in [9.17, 15) is 0 Å². The van der Waals surface area contributed by atoms with Crippen molar-refractivity contribution in [2.45, 2.75) is 6.17 Å². The number of fused-ring (bicyclic) bond motifs is 6. The number of nitrogens with zero attached hydrogens (tertiary/aromatic N) is 2. The van der Waals surface area contributed by atoms with Crippen LogP contribution in [-0.4, -0.2) is 11.7 Å². The summed E-state index contributed by atoms with van der Waals surface area (Å²) in [5.74, 6) is 1.45. The van der Waals surface area contributed by atoms with Gasteiger partial charge in [0.1, 0.15) is 23.2 Å². The van der Waals surface area contributed by atoms with Gasteiger partial charge in [-0.15, -0.1) is 0 Å². The van der Waals surface area contributed by atoms with Crippen LogP contribution in [-0.2, 0) is 0 Å². The SMILES string of the molecule is c1ccc(C2N=C(c3ccc4ccccc4c3)N=C(c3cc(-c4ccc5ccccc5c4)cc4oc5cc6ccccc6cc5c34)N2)cc1. The van der Waals surface area contributed by atoms with Gasteiger partial charge in [0.15, 0.2) is 5.84 Å². The number of furan rings is 1. The van der Waals surface area contributed by atoms with Crippen LogP contribution in [0.2, 0.25) is 0 Å². The molecule has 49 heavy (non-hydrogen) atoms. The third-order valence-electron chi connectivity index (χ3n) is 9.64. The predicted molar refractivity (Wildman–Crippen MR) is 204 cm³/mol. The van der Waals surface area contributed by atoms with Crippen LogP contribution in [0.5, 0.6) is 0 Å². The Labute approximate surface area is 282 Å². The third kappa shape index (κ3) is 4.77. The maximum absolute atomic E-state index is 6.70. The second-order valence-corrected chi connectivity index (χ2v) is 12.7. The Morgan fingerprint density at radius 1 is 0.469 bits per heavy atom. The van der Waals surface area contributed by atoms with Gasteiger partial charge in [0.05, 0.1) is 0 Å². The molecule has 0 bridgehead atoms. The van der Waals surface area contributed by atoms with Crippen molar-refractivity contribution in [3.8, 4) is 11.1 Å². The van der Waals surface area contributed by atoms with Crippen molar-refractivity contribution in [1.82, 2.24) is 5.32 Å². The highest BCUT2D eigenvalue weighted by atomic mass is 16.3. The number of hydrogen-bond acceptors (Lipinski definition) is 4. The van der Waals surface area contributed by atoms with Crippen LogP contribution in [0.15, 0.2) is 178 Å². The highest BCUT2D eigenvalue weighted by Gasteiger charge is 2.25. The van der Waals surface area contributed by atoms with Crippen molar-refractivity contribution >= 4 is 65.9 Å². The predicted octanol–water partition coefficient (Wildman–Crippen LogP) is 11.2. The molecule has 0 saturated carbocycles. The molecule has 2 heterocycles. The first kappa shape index (κ1) is 27.6. The highest BCUT2D eigenvalue weighted by Crippen LogP contribution is 2.39. The van der Waals surface area contributed by atoms with Gasteiger partial charge in [-0.3, -0.25) is 0 Å². The van der Waals surface area contributed by atoms with Crippen LogP contribution in [0.25, 0.3) is 65.4 Å². The summed E-state index contributed by atoms with van der Waals surface area (Å²) in [5, 5.41) is 12.9. The lowest BCUT2D eigenvalue weighted by molar-refractivity contribution is 0.668. The van der Waals surface area contributed by atoms with Crippen LogP contribution >= 0.6 is 0 Å². The summed E-state index contributed by atoms with van der Waals surface area (Å²) in [5.41, 5.74) is 6.87. The van der Waals surface area contributed by atoms with E-state index in [0.29, 0.717) is 5.84 Å². The number of nitrogens with one attached hydrogen (secondary N) is 1. The van der Waals surface area contributed by atoms with Gasteiger partial charge in [0, 0.05) is 21.9 Å². The Kier molecular flexibility index (Phi) is 6.21. The molecule has 0 fully saturated rings. The largest absolute Gasteiger partial charge is 0.456 e. The fourth-order valence-electron chi connectivity index (χ4n) is 7.16. The summed E-state index contributed by atoms with van der Waals surface area (Å²) in [6.07, 6.45) is -0.325. The Morgan fingerprint density at radius 2 is 1.06 bits per heavy atom. The Morgan fingerprint density at radius 3 is 1.78 bits per heavy atom. The van der Waals surface area contributed by atoms with Crippen LogP contribution in [0, 0.1) is 0 Å². The molecule has 0 radical (unpaired) electrons. The fraction of sp³-hybridized carbons (Fsp3) is 0.0222. The molecule has 0 saturated heterocycles. The van der Waals surface area contributed by atoms with Crippen LogP contribution in [0.4, 0.5) is 0 Å². The first-order valence-corrected chi connectivity index (χ1v) is 16.6. The van der Waals surface area contributed by atoms with E-state index in [4.69, 9.17) is 14.4 Å². The second kappa shape index (κ2) is 11.0. The molecule has 1 unspecified atom stereocenters. The van der Waals surface area contributed by atoms with Crippen molar-refractivity contribution in [3.05, 3.63) is 180 Å². The van der Waals surface area contributed by atoms with Gasteiger partial charge in [-0.1, -0.05) is 127 Å². The molecule has 1 aromatic heterocycles. The van der Waals surface area contributed by atoms with E-state index < -0.39 is 0 Å². The van der Waals surface area contributed by atoms with Gasteiger partial charge in [-0.05, 0) is 85.4 Å². The van der Waals surface area contributed by atoms with E-state index in [0.717, 1.165) is 66.4 Å². The van der Waals surface area contributed by atoms with E-state index >= 15 is 0 Å².